The second-order valence-electron chi connectivity index (χ2n) is 29.4. The molecule has 35 heteroatoms. The number of para-hydroxylation sites is 2. The predicted molar refractivity (Wildman–Crippen MR) is 547 cm³/mol. The Hall–Kier alpha value is -13.2. The minimum atomic E-state index is -0.564. The first-order valence-electron chi connectivity index (χ1n) is 42.7. The average Bonchev–Trinajstić information content (AvgIpc) is 1.69. The summed E-state index contributed by atoms with van der Waals surface area (Å²) in [6.07, 6.45) is 17.2. The molecule has 10 heterocycles. The van der Waals surface area contributed by atoms with Crippen LogP contribution in [-0.4, -0.2) is 106 Å². The average molecular weight is 2030 g/mol. The third-order valence-corrected chi connectivity index (χ3v) is 23.1. The molecule has 0 aliphatic heterocycles. The molecule has 706 valence electrons. The van der Waals surface area contributed by atoms with Crippen molar-refractivity contribution in [2.24, 2.45) is 5.73 Å². The van der Waals surface area contributed by atoms with Crippen LogP contribution in [0.2, 0.25) is 0 Å². The van der Waals surface area contributed by atoms with Gasteiger partial charge in [-0.1, -0.05) is 198 Å². The van der Waals surface area contributed by atoms with E-state index in [9.17, 15) is 40.2 Å². The van der Waals surface area contributed by atoms with E-state index < -0.39 is 17.8 Å². The van der Waals surface area contributed by atoms with Gasteiger partial charge in [0.15, 0.2) is 25.8 Å². The molecule has 0 aliphatic rings. The molecule has 0 saturated carbocycles. The number of imidazole rings is 5. The van der Waals surface area contributed by atoms with Crippen molar-refractivity contribution in [1.29, 1.82) is 0 Å². The predicted octanol–water partition coefficient (Wildman–Crippen LogP) is 21.3. The number of aromatic amines is 5. The first-order valence-corrected chi connectivity index (χ1v) is 49.2. The number of hydrogen-bond donors (Lipinski definition) is 7. The minimum absolute atomic E-state index is 0. The van der Waals surface area contributed by atoms with Crippen molar-refractivity contribution in [3.63, 3.8) is 0 Å². The van der Waals surface area contributed by atoms with Gasteiger partial charge in [0.05, 0.1) is 56.9 Å². The Morgan fingerprint density at radius 1 is 0.303 bits per heavy atom. The van der Waals surface area contributed by atoms with Gasteiger partial charge in [-0.3, -0.25) is 0 Å². The Kier molecular flexibility index (Phi) is 43.4. The maximum Gasteiger partial charge on any atom is 1.00 e. The number of benzene rings is 10. The third-order valence-electron chi connectivity index (χ3n) is 19.9. The zero-order chi connectivity index (χ0) is 98.5. The summed E-state index contributed by atoms with van der Waals surface area (Å²) in [5, 5.41) is 17.3. The SMILES string of the molecule is CSc1nc(-c2ccnc(F)c2)c(-c2ccc(F)cc2)[nH]1.CSc1nc(-c2ccnc(F)c2)c(-c2ccc(F)cc2)[nH]1.CSc1nc(-c2ccnc(F)c2)c(-c2ccc(F)cc2)[nH]1.CSc1nc(-c2ccnc(NCc3ccccc3)c2)c(-c2ccc(F)cc2)[nH]1.CSc1nc(-c2ccnc(Oc3ccccc3)c2)c(-c2ccc(F)cc2)[nH]1.NCc1ccccc1.[Na+].[Na+].[O-]c1ccccc1.[S-]c1ccccc1. The second kappa shape index (κ2) is 56.4. The largest absolute Gasteiger partial charge is 1.00 e. The number of nitrogens with zero attached hydrogens (tertiary/aromatic N) is 10. The molecule has 0 aliphatic carbocycles. The molecule has 10 aromatic heterocycles. The van der Waals surface area contributed by atoms with E-state index in [0.717, 1.165) is 99.8 Å². The van der Waals surface area contributed by atoms with Crippen LogP contribution in [0.1, 0.15) is 11.1 Å². The normalized spacial score (nSPS) is 10.3. The van der Waals surface area contributed by atoms with E-state index >= 15 is 0 Å². The number of halogens is 8. The number of H-pyrrole nitrogens is 5. The fourth-order valence-corrected chi connectivity index (χ4v) is 15.3. The van der Waals surface area contributed by atoms with Crippen molar-refractivity contribution in [3.05, 3.63) is 423 Å². The topological polar surface area (TPSA) is 278 Å². The van der Waals surface area contributed by atoms with Gasteiger partial charge in [0.25, 0.3) is 0 Å². The summed E-state index contributed by atoms with van der Waals surface area (Å²) in [6.45, 7) is 1.33. The minimum Gasteiger partial charge on any atom is -0.872 e. The zero-order valence-corrected chi connectivity index (χ0v) is 86.3. The Balaban J connectivity index is 0.000000160. The third kappa shape index (κ3) is 32.7. The van der Waals surface area contributed by atoms with Gasteiger partial charge >= 0.3 is 59.1 Å². The van der Waals surface area contributed by atoms with Crippen molar-refractivity contribution in [2.75, 3.05) is 36.6 Å². The van der Waals surface area contributed by atoms with Crippen LogP contribution in [-0.2, 0) is 25.7 Å². The van der Waals surface area contributed by atoms with Gasteiger partial charge in [-0.2, -0.15) is 18.1 Å². The molecule has 0 bridgehead atoms. The standard InChI is InChI=1S/C22H19FN4S.C21H16FN3OS.3C15H11F2N3S.C7H9N.C6H6O.C6H6S.2Na/c1-28-22-26-20(16-7-9-18(23)10-8-16)21(27-22)17-11-12-24-19(13-17)25-14-15-5-3-2-4-6-15;1-27-21-24-19(14-7-9-16(22)10-8-14)20(25-21)15-11-12-23-18(13-15)26-17-5-3-2-4-6-17;3*1-21-15-19-13(9-2-4-11(16)5-3-9)14(20-15)10-6-7-18-12(17)8-10;8-6-7-4-2-1-3-5-7;2*7-6-4-2-1-3-5-6;;/h2-13H,14H2,1H3,(H,24,25)(H,26,27);2-13H,1H3,(H,24,25);3*2-8H,1H3,(H,19,20);1-5H,6,8H2;2*1-5,7H;;/q;;;;;;;;2*+1/p-2. The summed E-state index contributed by atoms with van der Waals surface area (Å²) in [5.41, 5.74) is 22.8. The molecule has 0 fully saturated rings. The molecular weight excluding hydrogens is 1950 g/mol. The molecule has 0 spiro atoms. The quantitative estimate of drug-likeness (QED) is 0.0116. The van der Waals surface area contributed by atoms with Crippen molar-refractivity contribution in [2.45, 2.75) is 43.8 Å². The van der Waals surface area contributed by atoms with Crippen LogP contribution in [0.3, 0.4) is 0 Å². The van der Waals surface area contributed by atoms with E-state index in [-0.39, 0.29) is 94.0 Å². The molecule has 19 nitrogen and oxygen atoms in total. The van der Waals surface area contributed by atoms with Crippen molar-refractivity contribution < 1.29 is 104 Å². The van der Waals surface area contributed by atoms with Crippen molar-refractivity contribution in [3.8, 4) is 130 Å². The number of nitrogens with one attached hydrogen (secondary N) is 6. The Morgan fingerprint density at radius 2 is 0.563 bits per heavy atom. The first kappa shape index (κ1) is 109. The monoisotopic (exact) mass is 2030 g/mol. The van der Waals surface area contributed by atoms with Gasteiger partial charge in [0.1, 0.15) is 40.7 Å². The molecule has 0 radical (unpaired) electrons. The maximum absolute atomic E-state index is 13.3. The number of pyridine rings is 5. The number of aromatic nitrogens is 15. The maximum atomic E-state index is 13.3. The molecule has 142 heavy (non-hydrogen) atoms. The van der Waals surface area contributed by atoms with Gasteiger partial charge in [-0.25, -0.2) is 71.8 Å². The number of anilines is 1. The van der Waals surface area contributed by atoms with E-state index in [1.54, 1.807) is 103 Å². The fourth-order valence-electron chi connectivity index (χ4n) is 13.2. The van der Waals surface area contributed by atoms with Crippen molar-refractivity contribution in [1.82, 2.24) is 74.8 Å². The van der Waals surface area contributed by atoms with Gasteiger partial charge < -0.3 is 58.4 Å². The second-order valence-corrected chi connectivity index (χ2v) is 33.8. The van der Waals surface area contributed by atoms with Crippen LogP contribution in [0.15, 0.2) is 395 Å². The molecule has 0 unspecified atom stereocenters. The van der Waals surface area contributed by atoms with E-state index in [4.69, 9.17) is 28.1 Å². The Bertz CT molecular complexity index is 6900. The van der Waals surface area contributed by atoms with E-state index in [1.165, 1.54) is 180 Å². The number of hydrogen-bond acceptors (Lipinski definition) is 20. The summed E-state index contributed by atoms with van der Waals surface area (Å²) >= 11 is 12.2. The van der Waals surface area contributed by atoms with E-state index in [0.29, 0.717) is 74.0 Å². The summed E-state index contributed by atoms with van der Waals surface area (Å²) in [7, 11) is 0. The van der Waals surface area contributed by atoms with E-state index in [2.05, 4.69) is 87.2 Å². The number of rotatable bonds is 21. The smallest absolute Gasteiger partial charge is 0.872 e. The van der Waals surface area contributed by atoms with Gasteiger partial charge in [0.2, 0.25) is 23.7 Å². The van der Waals surface area contributed by atoms with Crippen LogP contribution < -0.4 is 80.0 Å². The van der Waals surface area contributed by atoms with Crippen LogP contribution in [0.4, 0.5) is 40.9 Å². The molecular formula is C107H87F8N17Na2O2S6. The summed E-state index contributed by atoms with van der Waals surface area (Å²) < 4.78 is 112. The molecule has 20 rings (SSSR count). The van der Waals surface area contributed by atoms with Crippen LogP contribution in [0, 0.1) is 46.9 Å². The van der Waals surface area contributed by atoms with Crippen LogP contribution in [0.25, 0.3) is 113 Å². The van der Waals surface area contributed by atoms with Gasteiger partial charge in [-0.05, 0) is 212 Å². The molecule has 0 saturated heterocycles. The molecule has 0 amide bonds. The molecule has 0 atom stereocenters. The van der Waals surface area contributed by atoms with Gasteiger partial charge in [0, 0.05) is 124 Å². The summed E-state index contributed by atoms with van der Waals surface area (Å²) in [4.78, 5) is 59.2. The number of nitrogens with two attached hydrogens (primary N) is 1. The molecule has 20 aromatic rings. The molecule has 8 N–H and O–H groups in total. The summed E-state index contributed by atoms with van der Waals surface area (Å²) in [5.74, 6) is -1.09. The van der Waals surface area contributed by atoms with Crippen LogP contribution >= 0.6 is 58.8 Å². The van der Waals surface area contributed by atoms with Crippen molar-refractivity contribution >= 4 is 77.3 Å². The fraction of sp³-hybridized carbons (Fsp3) is 0.0654. The molecule has 10 aromatic carbocycles. The number of ether oxygens (including phenoxy) is 1. The zero-order valence-electron chi connectivity index (χ0n) is 77.4. The Morgan fingerprint density at radius 3 is 0.824 bits per heavy atom. The van der Waals surface area contributed by atoms with Crippen LogP contribution in [0.5, 0.6) is 17.4 Å². The van der Waals surface area contributed by atoms with E-state index in [1.807, 2.05) is 171 Å². The first-order chi connectivity index (χ1) is 68.2. The van der Waals surface area contributed by atoms with Gasteiger partial charge in [-0.15, -0.1) is 5.75 Å². The summed E-state index contributed by atoms with van der Waals surface area (Å²) in [6, 6.07) is 95.3. The number of thioether (sulfide) groups is 5. The Labute approximate surface area is 886 Å².